The molecule has 1 unspecified atom stereocenters. The van der Waals surface area contributed by atoms with Gasteiger partial charge < -0.3 is 5.73 Å². The lowest BCUT2D eigenvalue weighted by Crippen LogP contribution is -2.14. The van der Waals surface area contributed by atoms with Crippen molar-refractivity contribution in [1.82, 2.24) is 0 Å². The van der Waals surface area contributed by atoms with E-state index in [2.05, 4.69) is 31.9 Å². The second-order valence-electron chi connectivity index (χ2n) is 4.17. The second kappa shape index (κ2) is 6.35. The highest BCUT2D eigenvalue weighted by Crippen LogP contribution is 2.32. The predicted octanol–water partition coefficient (Wildman–Crippen LogP) is 5.25. The normalized spacial score (nSPS) is 12.5. The maximum atomic E-state index is 13.5. The molecule has 0 amide bonds. The standard InChI is InChI=1S/C14H11Br2ClFN/c15-10-5-2-4-9(14(10)17)12(19)7-8-3-1-6-11(18)13(8)16/h1-6,12H,7,19H2. The van der Waals surface area contributed by atoms with Gasteiger partial charge in [0, 0.05) is 10.5 Å². The third-order valence-corrected chi connectivity index (χ3v) is 5.05. The number of hydrogen-bond donors (Lipinski definition) is 1. The van der Waals surface area contributed by atoms with Crippen LogP contribution >= 0.6 is 43.5 Å². The van der Waals surface area contributed by atoms with Gasteiger partial charge >= 0.3 is 0 Å². The minimum atomic E-state index is -0.289. The Balaban J connectivity index is 2.28. The molecule has 2 rings (SSSR count). The first-order valence-corrected chi connectivity index (χ1v) is 7.59. The van der Waals surface area contributed by atoms with E-state index in [0.717, 1.165) is 15.6 Å². The Labute approximate surface area is 133 Å². The highest BCUT2D eigenvalue weighted by Gasteiger charge is 2.15. The molecule has 0 radical (unpaired) electrons. The third-order valence-electron chi connectivity index (χ3n) is 2.85. The summed E-state index contributed by atoms with van der Waals surface area (Å²) >= 11 is 12.8. The molecule has 0 aromatic heterocycles. The van der Waals surface area contributed by atoms with Crippen LogP contribution in [0.15, 0.2) is 45.3 Å². The van der Waals surface area contributed by atoms with E-state index in [9.17, 15) is 4.39 Å². The van der Waals surface area contributed by atoms with Crippen molar-refractivity contribution in [2.75, 3.05) is 0 Å². The van der Waals surface area contributed by atoms with Crippen LogP contribution in [-0.4, -0.2) is 0 Å². The summed E-state index contributed by atoms with van der Waals surface area (Å²) < 4.78 is 14.7. The molecule has 2 aromatic rings. The second-order valence-corrected chi connectivity index (χ2v) is 6.19. The van der Waals surface area contributed by atoms with Crippen LogP contribution in [0.2, 0.25) is 5.02 Å². The molecule has 1 nitrogen and oxygen atoms in total. The van der Waals surface area contributed by atoms with E-state index < -0.39 is 0 Å². The largest absolute Gasteiger partial charge is 0.324 e. The van der Waals surface area contributed by atoms with Gasteiger partial charge in [0.05, 0.1) is 9.50 Å². The van der Waals surface area contributed by atoms with E-state index >= 15 is 0 Å². The third kappa shape index (κ3) is 3.37. The summed E-state index contributed by atoms with van der Waals surface area (Å²) in [6.07, 6.45) is 0.508. The molecule has 2 aromatic carbocycles. The van der Waals surface area contributed by atoms with Gasteiger partial charge in [0.15, 0.2) is 0 Å². The topological polar surface area (TPSA) is 26.0 Å². The SMILES string of the molecule is NC(Cc1cccc(F)c1Br)c1cccc(Br)c1Cl. The molecule has 0 heterocycles. The van der Waals surface area contributed by atoms with Crippen molar-refractivity contribution in [3.05, 3.63) is 67.3 Å². The summed E-state index contributed by atoms with van der Waals surface area (Å²) in [7, 11) is 0. The fourth-order valence-corrected chi connectivity index (χ4v) is 2.93. The van der Waals surface area contributed by atoms with Crippen molar-refractivity contribution < 1.29 is 4.39 Å². The Morgan fingerprint density at radius 1 is 1.16 bits per heavy atom. The summed E-state index contributed by atoms with van der Waals surface area (Å²) in [4.78, 5) is 0. The minimum absolute atomic E-state index is 0.287. The number of rotatable bonds is 3. The summed E-state index contributed by atoms with van der Waals surface area (Å²) in [6.45, 7) is 0. The smallest absolute Gasteiger partial charge is 0.137 e. The monoisotopic (exact) mass is 405 g/mol. The van der Waals surface area contributed by atoms with E-state index in [1.807, 2.05) is 24.3 Å². The Morgan fingerprint density at radius 3 is 2.58 bits per heavy atom. The van der Waals surface area contributed by atoms with E-state index in [4.69, 9.17) is 17.3 Å². The zero-order valence-corrected chi connectivity index (χ0v) is 13.8. The van der Waals surface area contributed by atoms with Crippen LogP contribution in [0.4, 0.5) is 4.39 Å². The number of nitrogens with two attached hydrogens (primary N) is 1. The number of halogens is 4. The molecule has 0 saturated heterocycles. The molecule has 5 heteroatoms. The maximum absolute atomic E-state index is 13.5. The Hall–Kier alpha value is -0.420. The molecule has 19 heavy (non-hydrogen) atoms. The van der Waals surface area contributed by atoms with Gasteiger partial charge in [0.1, 0.15) is 5.82 Å². The minimum Gasteiger partial charge on any atom is -0.324 e. The van der Waals surface area contributed by atoms with Crippen LogP contribution < -0.4 is 5.73 Å². The molecule has 2 N–H and O–H groups in total. The lowest BCUT2D eigenvalue weighted by Gasteiger charge is -2.15. The quantitative estimate of drug-likeness (QED) is 0.739. The molecule has 0 saturated carbocycles. The van der Waals surface area contributed by atoms with Crippen molar-refractivity contribution in [1.29, 1.82) is 0 Å². The van der Waals surface area contributed by atoms with Gasteiger partial charge in [-0.3, -0.25) is 0 Å². The molecule has 100 valence electrons. The van der Waals surface area contributed by atoms with Crippen LogP contribution in [0, 0.1) is 5.82 Å². The molecule has 0 aliphatic carbocycles. The van der Waals surface area contributed by atoms with Crippen LogP contribution in [0.3, 0.4) is 0 Å². The van der Waals surface area contributed by atoms with E-state index in [1.54, 1.807) is 6.07 Å². The van der Waals surface area contributed by atoms with Crippen LogP contribution in [-0.2, 0) is 6.42 Å². The van der Waals surface area contributed by atoms with Crippen LogP contribution in [0.25, 0.3) is 0 Å². The zero-order chi connectivity index (χ0) is 14.0. The van der Waals surface area contributed by atoms with Crippen LogP contribution in [0.1, 0.15) is 17.2 Å². The highest BCUT2D eigenvalue weighted by molar-refractivity contribution is 9.10. The molecule has 0 spiro atoms. The molecule has 1 atom stereocenters. The lowest BCUT2D eigenvalue weighted by atomic mass is 9.99. The molecule has 0 fully saturated rings. The fourth-order valence-electron chi connectivity index (χ4n) is 1.86. The van der Waals surface area contributed by atoms with Gasteiger partial charge in [0.2, 0.25) is 0 Å². The average Bonchev–Trinajstić information content (AvgIpc) is 2.38. The van der Waals surface area contributed by atoms with Gasteiger partial charge in [-0.25, -0.2) is 4.39 Å². The van der Waals surface area contributed by atoms with Gasteiger partial charge in [-0.05, 0) is 61.5 Å². The molecule has 0 aliphatic heterocycles. The van der Waals surface area contributed by atoms with E-state index in [-0.39, 0.29) is 11.9 Å². The van der Waals surface area contributed by atoms with E-state index in [0.29, 0.717) is 15.9 Å². The van der Waals surface area contributed by atoms with Crippen LogP contribution in [0.5, 0.6) is 0 Å². The van der Waals surface area contributed by atoms with Crippen molar-refractivity contribution in [2.24, 2.45) is 5.73 Å². The molecule has 0 aliphatic rings. The van der Waals surface area contributed by atoms with Crippen molar-refractivity contribution in [3.8, 4) is 0 Å². The fraction of sp³-hybridized carbons (Fsp3) is 0.143. The van der Waals surface area contributed by atoms with Gasteiger partial charge in [0.25, 0.3) is 0 Å². The summed E-state index contributed by atoms with van der Waals surface area (Å²) in [5, 5.41) is 0.600. The van der Waals surface area contributed by atoms with Crippen molar-refractivity contribution in [3.63, 3.8) is 0 Å². The summed E-state index contributed by atoms with van der Waals surface area (Å²) in [5.74, 6) is -0.287. The Bertz CT molecular complexity index is 604. The maximum Gasteiger partial charge on any atom is 0.137 e. The lowest BCUT2D eigenvalue weighted by molar-refractivity contribution is 0.614. The van der Waals surface area contributed by atoms with E-state index in [1.165, 1.54) is 6.07 Å². The average molecular weight is 408 g/mol. The Morgan fingerprint density at radius 2 is 1.84 bits per heavy atom. The number of benzene rings is 2. The molecular weight excluding hydrogens is 396 g/mol. The zero-order valence-electron chi connectivity index (χ0n) is 9.84. The Kier molecular flexibility index (Phi) is 5.01. The predicted molar refractivity (Wildman–Crippen MR) is 83.9 cm³/mol. The number of hydrogen-bond acceptors (Lipinski definition) is 1. The summed E-state index contributed by atoms with van der Waals surface area (Å²) in [5.41, 5.74) is 7.83. The van der Waals surface area contributed by atoms with Gasteiger partial charge in [-0.1, -0.05) is 35.9 Å². The first-order chi connectivity index (χ1) is 9.00. The summed E-state index contributed by atoms with van der Waals surface area (Å²) in [6, 6.07) is 10.3. The molecular formula is C14H11Br2ClFN. The first kappa shape index (κ1) is 15.0. The van der Waals surface area contributed by atoms with Gasteiger partial charge in [-0.2, -0.15) is 0 Å². The van der Waals surface area contributed by atoms with Gasteiger partial charge in [-0.15, -0.1) is 0 Å². The van der Waals surface area contributed by atoms with Crippen molar-refractivity contribution >= 4 is 43.5 Å². The van der Waals surface area contributed by atoms with Crippen molar-refractivity contribution in [2.45, 2.75) is 12.5 Å². The first-order valence-electron chi connectivity index (χ1n) is 5.63. The highest BCUT2D eigenvalue weighted by atomic mass is 79.9. The molecule has 0 bridgehead atoms.